The smallest absolute Gasteiger partial charge is 0.264 e. The molecule has 4 rings (SSSR count). The molecule has 1 aromatic carbocycles. The van der Waals surface area contributed by atoms with E-state index in [-0.39, 0.29) is 13.2 Å². The van der Waals surface area contributed by atoms with Gasteiger partial charge in [0.2, 0.25) is 0 Å². The molecular formula is C21H19F2N5O3S. The summed E-state index contributed by atoms with van der Waals surface area (Å²) in [6.07, 6.45) is 3.48. The summed E-state index contributed by atoms with van der Waals surface area (Å²) in [7, 11) is -3.64. The number of aromatic nitrogens is 5. The summed E-state index contributed by atoms with van der Waals surface area (Å²) in [6, 6.07) is 5.63. The highest BCUT2D eigenvalue weighted by Crippen LogP contribution is 2.27. The van der Waals surface area contributed by atoms with Gasteiger partial charge >= 0.3 is 0 Å². The molecule has 0 radical (unpaired) electrons. The second-order valence-electron chi connectivity index (χ2n) is 7.33. The average Bonchev–Trinajstić information content (AvgIpc) is 3.06. The van der Waals surface area contributed by atoms with Crippen molar-refractivity contribution in [3.05, 3.63) is 70.9 Å². The van der Waals surface area contributed by atoms with E-state index >= 15 is 0 Å². The van der Waals surface area contributed by atoms with Crippen molar-refractivity contribution >= 4 is 21.3 Å². The first kappa shape index (κ1) is 21.9. The van der Waals surface area contributed by atoms with Crippen LogP contribution in [0.15, 0.2) is 36.7 Å². The number of fused-ring (bicyclic) bond motifs is 1. The van der Waals surface area contributed by atoms with Gasteiger partial charge in [-0.25, -0.2) is 23.7 Å². The highest BCUT2D eigenvalue weighted by atomic mass is 32.2. The minimum Gasteiger partial charge on any atom is -0.304 e. The molecule has 0 spiro atoms. The Labute approximate surface area is 183 Å². The van der Waals surface area contributed by atoms with Crippen LogP contribution in [0.3, 0.4) is 0 Å². The van der Waals surface area contributed by atoms with E-state index in [2.05, 4.69) is 19.9 Å². The van der Waals surface area contributed by atoms with Gasteiger partial charge in [0.15, 0.2) is 5.65 Å². The van der Waals surface area contributed by atoms with Crippen molar-refractivity contribution in [1.82, 2.24) is 24.5 Å². The average molecular weight is 459 g/mol. The lowest BCUT2D eigenvalue weighted by atomic mass is 10.1. The Balaban J connectivity index is 1.79. The van der Waals surface area contributed by atoms with Gasteiger partial charge < -0.3 is 4.57 Å². The predicted octanol–water partition coefficient (Wildman–Crippen LogP) is 3.31. The van der Waals surface area contributed by atoms with E-state index in [1.165, 1.54) is 24.4 Å². The number of pyridine rings is 1. The van der Waals surface area contributed by atoms with E-state index in [0.29, 0.717) is 45.2 Å². The molecular weight excluding hydrogens is 440 g/mol. The van der Waals surface area contributed by atoms with Crippen molar-refractivity contribution in [1.29, 1.82) is 0 Å². The molecule has 0 amide bonds. The van der Waals surface area contributed by atoms with Crippen molar-refractivity contribution in [3.63, 3.8) is 0 Å². The number of hydrogen-bond acceptors (Lipinski definition) is 7. The third-order valence-corrected chi connectivity index (χ3v) is 5.28. The second kappa shape index (κ2) is 8.32. The Morgan fingerprint density at radius 1 is 1.06 bits per heavy atom. The molecule has 0 bridgehead atoms. The first-order chi connectivity index (χ1) is 15.1. The molecule has 11 heteroatoms. The van der Waals surface area contributed by atoms with Crippen LogP contribution < -0.4 is 0 Å². The van der Waals surface area contributed by atoms with Crippen molar-refractivity contribution in [3.8, 4) is 11.4 Å². The monoisotopic (exact) mass is 459 g/mol. The Kier molecular flexibility index (Phi) is 5.70. The number of halogens is 2. The van der Waals surface area contributed by atoms with Gasteiger partial charge in [0, 0.05) is 17.3 Å². The highest BCUT2D eigenvalue weighted by Gasteiger charge is 2.19. The van der Waals surface area contributed by atoms with Crippen LogP contribution in [-0.4, -0.2) is 39.2 Å². The molecule has 0 aliphatic carbocycles. The molecule has 8 nitrogen and oxygen atoms in total. The molecule has 0 atom stereocenters. The van der Waals surface area contributed by atoms with Crippen LogP contribution in [0, 0.1) is 25.5 Å². The molecule has 166 valence electrons. The zero-order valence-corrected chi connectivity index (χ0v) is 18.3. The molecule has 32 heavy (non-hydrogen) atoms. The van der Waals surface area contributed by atoms with E-state index in [1.54, 1.807) is 24.5 Å². The van der Waals surface area contributed by atoms with E-state index in [9.17, 15) is 17.2 Å². The largest absolute Gasteiger partial charge is 0.304 e. The Hall–Kier alpha value is -3.31. The van der Waals surface area contributed by atoms with Gasteiger partial charge in [-0.3, -0.25) is 9.17 Å². The molecule has 0 unspecified atom stereocenters. The number of hydrogen-bond donors (Lipinski definition) is 0. The Morgan fingerprint density at radius 2 is 1.84 bits per heavy atom. The zero-order valence-electron chi connectivity index (χ0n) is 17.5. The van der Waals surface area contributed by atoms with Crippen molar-refractivity contribution in [2.24, 2.45) is 0 Å². The van der Waals surface area contributed by atoms with Gasteiger partial charge in [-0.15, -0.1) is 0 Å². The maximum atomic E-state index is 14.9. The molecule has 0 aliphatic rings. The first-order valence-corrected chi connectivity index (χ1v) is 11.4. The molecule has 3 heterocycles. The van der Waals surface area contributed by atoms with E-state index in [0.717, 1.165) is 12.5 Å². The second-order valence-corrected chi connectivity index (χ2v) is 8.98. The summed E-state index contributed by atoms with van der Waals surface area (Å²) < 4.78 is 57.5. The Morgan fingerprint density at radius 3 is 2.53 bits per heavy atom. The lowest BCUT2D eigenvalue weighted by Gasteiger charge is -2.11. The molecule has 4 aromatic rings. The van der Waals surface area contributed by atoms with Gasteiger partial charge in [-0.2, -0.15) is 8.42 Å². The predicted molar refractivity (Wildman–Crippen MR) is 113 cm³/mol. The minimum atomic E-state index is -3.64. The quantitative estimate of drug-likeness (QED) is 0.408. The summed E-state index contributed by atoms with van der Waals surface area (Å²) in [5.74, 6) is -0.179. The lowest BCUT2D eigenvalue weighted by Crippen LogP contribution is -2.07. The third-order valence-electron chi connectivity index (χ3n) is 4.73. The number of aryl methyl sites for hydroxylation is 2. The third kappa shape index (κ3) is 4.63. The fraction of sp³-hybridized carbons (Fsp3) is 0.238. The van der Waals surface area contributed by atoms with Crippen LogP contribution in [-0.2, 0) is 27.5 Å². The number of nitrogens with zero attached hydrogens (tertiary/aromatic N) is 5. The number of imidazole rings is 1. The van der Waals surface area contributed by atoms with Crippen molar-refractivity contribution < 1.29 is 21.4 Å². The maximum Gasteiger partial charge on any atom is 0.264 e. The van der Waals surface area contributed by atoms with Crippen LogP contribution >= 0.6 is 0 Å². The van der Waals surface area contributed by atoms with E-state index in [1.807, 2.05) is 0 Å². The minimum absolute atomic E-state index is 0.0529. The normalized spacial score (nSPS) is 11.9. The van der Waals surface area contributed by atoms with Crippen LogP contribution in [0.25, 0.3) is 22.6 Å². The maximum absolute atomic E-state index is 14.9. The summed E-state index contributed by atoms with van der Waals surface area (Å²) in [6.45, 7) is 3.32. The van der Waals surface area contributed by atoms with Gasteiger partial charge in [-0.05, 0) is 31.5 Å². The standard InChI is InChI=1S/C21H19F2N5O3S/c1-12-19-21(26-13(2)25-12)28(20(27-19)16-7-17(22)9-24-8-16)10-15-5-4-14(6-18(15)23)11-31-32(3,29)30/h4-9H,10-11H2,1-3H3. The lowest BCUT2D eigenvalue weighted by molar-refractivity contribution is 0.311. The van der Waals surface area contributed by atoms with Crippen LogP contribution in [0.4, 0.5) is 8.78 Å². The van der Waals surface area contributed by atoms with Crippen LogP contribution in [0.1, 0.15) is 22.6 Å². The fourth-order valence-corrected chi connectivity index (χ4v) is 3.68. The van der Waals surface area contributed by atoms with Crippen molar-refractivity contribution in [2.75, 3.05) is 6.26 Å². The van der Waals surface area contributed by atoms with E-state index < -0.39 is 21.8 Å². The summed E-state index contributed by atoms with van der Waals surface area (Å²) >= 11 is 0. The molecule has 0 saturated carbocycles. The van der Waals surface area contributed by atoms with Gasteiger partial charge in [0.05, 0.1) is 31.3 Å². The summed E-state index contributed by atoms with van der Waals surface area (Å²) in [5, 5.41) is 0. The highest BCUT2D eigenvalue weighted by molar-refractivity contribution is 7.85. The van der Waals surface area contributed by atoms with Gasteiger partial charge in [0.1, 0.15) is 28.8 Å². The van der Waals surface area contributed by atoms with E-state index in [4.69, 9.17) is 4.18 Å². The van der Waals surface area contributed by atoms with Crippen LogP contribution in [0.2, 0.25) is 0 Å². The number of rotatable bonds is 6. The first-order valence-electron chi connectivity index (χ1n) is 9.55. The molecule has 0 aliphatic heterocycles. The Bertz CT molecular complexity index is 1440. The van der Waals surface area contributed by atoms with Crippen molar-refractivity contribution in [2.45, 2.75) is 27.0 Å². The zero-order chi connectivity index (χ0) is 23.0. The molecule has 0 fully saturated rings. The molecule has 3 aromatic heterocycles. The summed E-state index contributed by atoms with van der Waals surface area (Å²) in [5.41, 5.74) is 2.75. The van der Waals surface area contributed by atoms with Gasteiger partial charge in [-0.1, -0.05) is 12.1 Å². The topological polar surface area (TPSA) is 99.9 Å². The fourth-order valence-electron chi connectivity index (χ4n) is 3.33. The molecule has 0 N–H and O–H groups in total. The SMILES string of the molecule is Cc1nc(C)c2nc(-c3cncc(F)c3)n(Cc3ccc(COS(C)(=O)=O)cc3F)c2n1. The molecule has 0 saturated heterocycles. The summed E-state index contributed by atoms with van der Waals surface area (Å²) in [4.78, 5) is 17.3. The van der Waals surface area contributed by atoms with Crippen LogP contribution in [0.5, 0.6) is 0 Å². The van der Waals surface area contributed by atoms with Gasteiger partial charge in [0.25, 0.3) is 10.1 Å². The number of benzene rings is 1.